The second-order valence-corrected chi connectivity index (χ2v) is 6.76. The first-order chi connectivity index (χ1) is 13.0. The van der Waals surface area contributed by atoms with Crippen LogP contribution in [0.4, 0.5) is 4.39 Å². The van der Waals surface area contributed by atoms with Gasteiger partial charge in [0.05, 0.1) is 0 Å². The van der Waals surface area contributed by atoms with Crippen LogP contribution in [0.3, 0.4) is 0 Å². The molecule has 0 aliphatic heterocycles. The molecule has 0 saturated heterocycles. The van der Waals surface area contributed by atoms with Gasteiger partial charge >= 0.3 is 0 Å². The summed E-state index contributed by atoms with van der Waals surface area (Å²) >= 11 is 5.84. The first kappa shape index (κ1) is 20.9. The maximum atomic E-state index is 13.7. The minimum absolute atomic E-state index is 0.110. The van der Waals surface area contributed by atoms with E-state index in [9.17, 15) is 14.0 Å². The van der Waals surface area contributed by atoms with Crippen LogP contribution in [0.2, 0.25) is 5.02 Å². The van der Waals surface area contributed by atoms with Crippen molar-refractivity contribution in [2.24, 2.45) is 0 Å². The Morgan fingerprint density at radius 2 is 1.74 bits per heavy atom. The molecule has 2 aromatic rings. The molecule has 1 N–H and O–H groups in total. The molecule has 2 amide bonds. The molecule has 0 radical (unpaired) electrons. The molecular formula is C21H24ClFN2O2. The zero-order valence-corrected chi connectivity index (χ0v) is 16.1. The van der Waals surface area contributed by atoms with Crippen molar-refractivity contribution >= 4 is 23.4 Å². The van der Waals surface area contributed by atoms with Crippen molar-refractivity contribution < 1.29 is 14.0 Å². The van der Waals surface area contributed by atoms with Crippen LogP contribution < -0.4 is 5.32 Å². The molecule has 0 aliphatic carbocycles. The standard InChI is InChI=1S/C21H24ClFN2O2/c1-16(26)25(14-11-18-4-2-3-5-20(18)23)15-12-21(27)24-13-10-17-6-8-19(22)9-7-17/h2-9H,10-15H2,1H3,(H,24,27). The minimum atomic E-state index is -0.277. The number of hydrogen-bond donors (Lipinski definition) is 1. The van der Waals surface area contributed by atoms with E-state index >= 15 is 0 Å². The molecule has 2 rings (SSSR count). The average Bonchev–Trinajstić information content (AvgIpc) is 2.64. The Morgan fingerprint density at radius 1 is 1.04 bits per heavy atom. The number of hydrogen-bond acceptors (Lipinski definition) is 2. The number of amides is 2. The molecule has 0 unspecified atom stereocenters. The maximum Gasteiger partial charge on any atom is 0.221 e. The van der Waals surface area contributed by atoms with Gasteiger partial charge in [0.1, 0.15) is 5.82 Å². The van der Waals surface area contributed by atoms with Gasteiger partial charge in [-0.3, -0.25) is 9.59 Å². The molecule has 0 fully saturated rings. The molecule has 0 atom stereocenters. The van der Waals surface area contributed by atoms with Crippen molar-refractivity contribution in [3.63, 3.8) is 0 Å². The smallest absolute Gasteiger partial charge is 0.221 e. The summed E-state index contributed by atoms with van der Waals surface area (Å²) in [7, 11) is 0. The fourth-order valence-electron chi connectivity index (χ4n) is 2.71. The van der Waals surface area contributed by atoms with Gasteiger partial charge < -0.3 is 10.2 Å². The minimum Gasteiger partial charge on any atom is -0.356 e. The zero-order valence-electron chi connectivity index (χ0n) is 15.4. The monoisotopic (exact) mass is 390 g/mol. The fraction of sp³-hybridized carbons (Fsp3) is 0.333. The predicted molar refractivity (Wildman–Crippen MR) is 105 cm³/mol. The van der Waals surface area contributed by atoms with Gasteiger partial charge in [-0.05, 0) is 42.2 Å². The van der Waals surface area contributed by atoms with Crippen molar-refractivity contribution in [2.75, 3.05) is 19.6 Å². The van der Waals surface area contributed by atoms with Crippen molar-refractivity contribution in [2.45, 2.75) is 26.2 Å². The van der Waals surface area contributed by atoms with Crippen LogP contribution in [0.5, 0.6) is 0 Å². The lowest BCUT2D eigenvalue weighted by Gasteiger charge is -2.21. The third kappa shape index (κ3) is 7.39. The molecule has 27 heavy (non-hydrogen) atoms. The van der Waals surface area contributed by atoms with Crippen molar-refractivity contribution in [3.05, 3.63) is 70.5 Å². The number of halogens is 2. The van der Waals surface area contributed by atoms with Gasteiger partial charge in [0.15, 0.2) is 0 Å². The second kappa shape index (κ2) is 10.7. The molecular weight excluding hydrogens is 367 g/mol. The van der Waals surface area contributed by atoms with Crippen LogP contribution in [0.1, 0.15) is 24.5 Å². The molecule has 6 heteroatoms. The molecule has 0 bridgehead atoms. The van der Waals surface area contributed by atoms with Gasteiger partial charge in [0, 0.05) is 38.0 Å². The summed E-state index contributed by atoms with van der Waals surface area (Å²) in [5, 5.41) is 3.54. The zero-order chi connectivity index (χ0) is 19.6. The van der Waals surface area contributed by atoms with Gasteiger partial charge in [0.25, 0.3) is 0 Å². The number of benzene rings is 2. The number of carbonyl (C=O) groups excluding carboxylic acids is 2. The van der Waals surface area contributed by atoms with Crippen molar-refractivity contribution in [1.29, 1.82) is 0 Å². The summed E-state index contributed by atoms with van der Waals surface area (Å²) in [5.74, 6) is -0.512. The summed E-state index contributed by atoms with van der Waals surface area (Å²) in [6.07, 6.45) is 1.36. The lowest BCUT2D eigenvalue weighted by Crippen LogP contribution is -2.35. The molecule has 0 aliphatic rings. The van der Waals surface area contributed by atoms with E-state index in [4.69, 9.17) is 11.6 Å². The predicted octanol–water partition coefficient (Wildman–Crippen LogP) is 3.62. The Morgan fingerprint density at radius 3 is 2.41 bits per heavy atom. The number of rotatable bonds is 9. The van der Waals surface area contributed by atoms with Crippen molar-refractivity contribution in [1.82, 2.24) is 10.2 Å². The molecule has 0 saturated carbocycles. The van der Waals surface area contributed by atoms with Gasteiger partial charge in [-0.15, -0.1) is 0 Å². The molecule has 0 heterocycles. The maximum absolute atomic E-state index is 13.7. The van der Waals surface area contributed by atoms with Crippen LogP contribution in [0, 0.1) is 5.82 Å². The molecule has 0 aromatic heterocycles. The molecule has 0 spiro atoms. The van der Waals surface area contributed by atoms with Crippen molar-refractivity contribution in [3.8, 4) is 0 Å². The Balaban J connectivity index is 1.72. The highest BCUT2D eigenvalue weighted by molar-refractivity contribution is 6.30. The summed E-state index contributed by atoms with van der Waals surface area (Å²) in [6.45, 7) is 2.68. The van der Waals surface area contributed by atoms with E-state index in [1.165, 1.54) is 13.0 Å². The molecule has 2 aromatic carbocycles. The quantitative estimate of drug-likeness (QED) is 0.711. The number of nitrogens with one attached hydrogen (secondary N) is 1. The van der Waals surface area contributed by atoms with Gasteiger partial charge in [-0.25, -0.2) is 4.39 Å². The van der Waals surface area contributed by atoms with E-state index in [0.29, 0.717) is 43.1 Å². The number of carbonyl (C=O) groups is 2. The van der Waals surface area contributed by atoms with E-state index in [2.05, 4.69) is 5.32 Å². The number of nitrogens with zero attached hydrogens (tertiary/aromatic N) is 1. The van der Waals surface area contributed by atoms with Crippen LogP contribution in [0.25, 0.3) is 0 Å². The van der Waals surface area contributed by atoms with E-state index in [0.717, 1.165) is 5.56 Å². The van der Waals surface area contributed by atoms with Crippen LogP contribution >= 0.6 is 11.6 Å². The molecule has 4 nitrogen and oxygen atoms in total. The normalized spacial score (nSPS) is 10.5. The van der Waals surface area contributed by atoms with Gasteiger partial charge in [0.2, 0.25) is 11.8 Å². The van der Waals surface area contributed by atoms with Crippen LogP contribution in [0.15, 0.2) is 48.5 Å². The first-order valence-electron chi connectivity index (χ1n) is 8.96. The van der Waals surface area contributed by atoms with Crippen LogP contribution in [-0.2, 0) is 22.4 Å². The Bertz CT molecular complexity index is 765. The Hall–Kier alpha value is -2.40. The third-order valence-corrected chi connectivity index (χ3v) is 4.56. The van der Waals surface area contributed by atoms with E-state index in [1.807, 2.05) is 24.3 Å². The highest BCUT2D eigenvalue weighted by Gasteiger charge is 2.12. The molecule has 144 valence electrons. The lowest BCUT2D eigenvalue weighted by atomic mass is 10.1. The third-order valence-electron chi connectivity index (χ3n) is 4.31. The van der Waals surface area contributed by atoms with E-state index < -0.39 is 0 Å². The highest BCUT2D eigenvalue weighted by Crippen LogP contribution is 2.10. The summed E-state index contributed by atoms with van der Waals surface area (Å²) in [6, 6.07) is 14.0. The average molecular weight is 391 g/mol. The SMILES string of the molecule is CC(=O)N(CCC(=O)NCCc1ccc(Cl)cc1)CCc1ccccc1F. The van der Waals surface area contributed by atoms with E-state index in [1.54, 1.807) is 23.1 Å². The van der Waals surface area contributed by atoms with E-state index in [-0.39, 0.29) is 24.1 Å². The highest BCUT2D eigenvalue weighted by atomic mass is 35.5. The second-order valence-electron chi connectivity index (χ2n) is 6.32. The topological polar surface area (TPSA) is 49.4 Å². The Kier molecular flexibility index (Phi) is 8.27. The van der Waals surface area contributed by atoms with Gasteiger partial charge in [-0.2, -0.15) is 0 Å². The largest absolute Gasteiger partial charge is 0.356 e. The lowest BCUT2D eigenvalue weighted by molar-refractivity contribution is -0.129. The first-order valence-corrected chi connectivity index (χ1v) is 9.33. The summed E-state index contributed by atoms with van der Waals surface area (Å²) in [4.78, 5) is 25.4. The Labute approximate surface area is 164 Å². The summed E-state index contributed by atoms with van der Waals surface area (Å²) in [5.41, 5.74) is 1.66. The van der Waals surface area contributed by atoms with Crippen LogP contribution in [-0.4, -0.2) is 36.3 Å². The summed E-state index contributed by atoms with van der Waals surface area (Å²) < 4.78 is 13.7. The fourth-order valence-corrected chi connectivity index (χ4v) is 2.83. The van der Waals surface area contributed by atoms with Gasteiger partial charge in [-0.1, -0.05) is 41.9 Å².